The molecular weight excluding hydrogens is 356 g/mol. The van der Waals surface area contributed by atoms with E-state index < -0.39 is 6.03 Å². The lowest BCUT2D eigenvalue weighted by Crippen LogP contribution is -2.26. The number of nitrogens with one attached hydrogen (secondary N) is 2. The number of amides is 3. The summed E-state index contributed by atoms with van der Waals surface area (Å²) in [5, 5.41) is 5.48. The van der Waals surface area contributed by atoms with Gasteiger partial charge in [0.05, 0.1) is 11.2 Å². The SMILES string of the molecule is NC(=O)Nc1ccc(CNC(=O)c2nc(N3CCCC3)ncc2Cl)cc1. The first-order valence-electron chi connectivity index (χ1n) is 8.24. The van der Waals surface area contributed by atoms with Crippen LogP contribution in [0.5, 0.6) is 0 Å². The van der Waals surface area contributed by atoms with E-state index in [9.17, 15) is 9.59 Å². The highest BCUT2D eigenvalue weighted by molar-refractivity contribution is 6.33. The summed E-state index contributed by atoms with van der Waals surface area (Å²) in [6.45, 7) is 2.07. The molecule has 1 saturated heterocycles. The standard InChI is InChI=1S/C17H19ClN6O2/c18-13-10-21-17(24-7-1-2-8-24)23-14(13)15(25)20-9-11-3-5-12(6-4-11)22-16(19)26/h3-6,10H,1-2,7-9H2,(H,20,25)(H3,19,22,26). The number of benzene rings is 1. The molecule has 0 aliphatic carbocycles. The fraction of sp³-hybridized carbons (Fsp3) is 0.294. The predicted octanol–water partition coefficient (Wildman–Crippen LogP) is 2.15. The van der Waals surface area contributed by atoms with Crippen LogP contribution in [0.4, 0.5) is 16.4 Å². The monoisotopic (exact) mass is 374 g/mol. The number of rotatable bonds is 5. The number of aromatic nitrogens is 2. The van der Waals surface area contributed by atoms with Gasteiger partial charge in [-0.1, -0.05) is 23.7 Å². The predicted molar refractivity (Wildman–Crippen MR) is 99.3 cm³/mol. The molecule has 9 heteroatoms. The third kappa shape index (κ3) is 4.40. The highest BCUT2D eigenvalue weighted by Crippen LogP contribution is 2.20. The minimum absolute atomic E-state index is 0.163. The van der Waals surface area contributed by atoms with Crippen molar-refractivity contribution in [2.75, 3.05) is 23.3 Å². The molecular formula is C17H19ClN6O2. The smallest absolute Gasteiger partial charge is 0.316 e. The molecule has 1 aromatic carbocycles. The Bertz CT molecular complexity index is 805. The lowest BCUT2D eigenvalue weighted by Gasteiger charge is -2.16. The van der Waals surface area contributed by atoms with E-state index in [0.717, 1.165) is 31.5 Å². The van der Waals surface area contributed by atoms with Crippen LogP contribution in [-0.4, -0.2) is 35.0 Å². The third-order valence-corrected chi connectivity index (χ3v) is 4.29. The Balaban J connectivity index is 1.64. The molecule has 0 radical (unpaired) electrons. The molecule has 0 unspecified atom stereocenters. The van der Waals surface area contributed by atoms with Crippen molar-refractivity contribution in [3.05, 3.63) is 46.7 Å². The van der Waals surface area contributed by atoms with Gasteiger partial charge in [-0.3, -0.25) is 4.79 Å². The number of nitrogens with zero attached hydrogens (tertiary/aromatic N) is 3. The minimum atomic E-state index is -0.627. The maximum absolute atomic E-state index is 12.4. The molecule has 136 valence electrons. The lowest BCUT2D eigenvalue weighted by atomic mass is 10.2. The third-order valence-electron chi connectivity index (χ3n) is 4.01. The number of primary amides is 1. The average Bonchev–Trinajstić information content (AvgIpc) is 3.15. The molecule has 1 aliphatic rings. The normalized spacial score (nSPS) is 13.5. The van der Waals surface area contributed by atoms with Gasteiger partial charge in [-0.25, -0.2) is 14.8 Å². The van der Waals surface area contributed by atoms with Crippen LogP contribution in [0.15, 0.2) is 30.5 Å². The van der Waals surface area contributed by atoms with E-state index in [4.69, 9.17) is 17.3 Å². The molecule has 1 fully saturated rings. The average molecular weight is 375 g/mol. The number of carbonyl (C=O) groups is 2. The van der Waals surface area contributed by atoms with E-state index >= 15 is 0 Å². The fourth-order valence-electron chi connectivity index (χ4n) is 2.70. The molecule has 0 atom stereocenters. The number of anilines is 2. The number of hydrogen-bond acceptors (Lipinski definition) is 5. The molecule has 0 spiro atoms. The first-order valence-corrected chi connectivity index (χ1v) is 8.62. The first kappa shape index (κ1) is 17.9. The minimum Gasteiger partial charge on any atom is -0.351 e. The van der Waals surface area contributed by atoms with Crippen LogP contribution in [-0.2, 0) is 6.54 Å². The Hall–Kier alpha value is -2.87. The zero-order valence-corrected chi connectivity index (χ0v) is 14.8. The fourth-order valence-corrected chi connectivity index (χ4v) is 2.88. The van der Waals surface area contributed by atoms with E-state index in [1.165, 1.54) is 6.20 Å². The molecule has 1 aliphatic heterocycles. The van der Waals surface area contributed by atoms with Crippen LogP contribution >= 0.6 is 11.6 Å². The van der Waals surface area contributed by atoms with Crippen molar-refractivity contribution in [1.29, 1.82) is 0 Å². The van der Waals surface area contributed by atoms with Gasteiger partial charge in [-0.15, -0.1) is 0 Å². The largest absolute Gasteiger partial charge is 0.351 e. The van der Waals surface area contributed by atoms with Crippen LogP contribution in [0.1, 0.15) is 28.9 Å². The summed E-state index contributed by atoms with van der Waals surface area (Å²) in [5.41, 5.74) is 6.67. The van der Waals surface area contributed by atoms with Crippen LogP contribution in [0.2, 0.25) is 5.02 Å². The number of hydrogen-bond donors (Lipinski definition) is 3. The van der Waals surface area contributed by atoms with Gasteiger partial charge in [-0.05, 0) is 30.5 Å². The molecule has 4 N–H and O–H groups in total. The number of carbonyl (C=O) groups excluding carboxylic acids is 2. The Morgan fingerprint density at radius 1 is 1.19 bits per heavy atom. The van der Waals surface area contributed by atoms with Crippen molar-refractivity contribution in [1.82, 2.24) is 15.3 Å². The van der Waals surface area contributed by atoms with E-state index in [2.05, 4.69) is 20.6 Å². The summed E-state index contributed by atoms with van der Waals surface area (Å²) >= 11 is 6.09. The van der Waals surface area contributed by atoms with Crippen molar-refractivity contribution in [2.45, 2.75) is 19.4 Å². The van der Waals surface area contributed by atoms with E-state index in [1.54, 1.807) is 24.3 Å². The highest BCUT2D eigenvalue weighted by atomic mass is 35.5. The summed E-state index contributed by atoms with van der Waals surface area (Å²) in [5.74, 6) is 0.163. The van der Waals surface area contributed by atoms with E-state index in [-0.39, 0.29) is 16.6 Å². The maximum atomic E-state index is 12.4. The zero-order valence-electron chi connectivity index (χ0n) is 14.0. The highest BCUT2D eigenvalue weighted by Gasteiger charge is 2.19. The number of urea groups is 1. The molecule has 3 rings (SSSR count). The van der Waals surface area contributed by atoms with Crippen LogP contribution in [0.25, 0.3) is 0 Å². The summed E-state index contributed by atoms with van der Waals surface area (Å²) in [6.07, 6.45) is 3.64. The molecule has 0 bridgehead atoms. The Morgan fingerprint density at radius 2 is 1.88 bits per heavy atom. The van der Waals surface area contributed by atoms with E-state index in [1.807, 2.05) is 4.90 Å². The first-order chi connectivity index (χ1) is 12.5. The zero-order chi connectivity index (χ0) is 18.5. The molecule has 0 saturated carbocycles. The Labute approximate surface area is 155 Å². The van der Waals surface area contributed by atoms with Crippen molar-refractivity contribution < 1.29 is 9.59 Å². The van der Waals surface area contributed by atoms with Gasteiger partial charge in [0.15, 0.2) is 5.69 Å². The molecule has 26 heavy (non-hydrogen) atoms. The summed E-state index contributed by atoms with van der Waals surface area (Å²) in [6, 6.07) is 6.34. The van der Waals surface area contributed by atoms with Crippen molar-refractivity contribution >= 4 is 35.2 Å². The molecule has 3 amide bonds. The molecule has 2 aromatic rings. The second-order valence-corrected chi connectivity index (χ2v) is 6.34. The van der Waals surface area contributed by atoms with Gasteiger partial charge in [0.2, 0.25) is 5.95 Å². The van der Waals surface area contributed by atoms with Gasteiger partial charge < -0.3 is 21.3 Å². The van der Waals surface area contributed by atoms with Gasteiger partial charge in [0, 0.05) is 25.3 Å². The Morgan fingerprint density at radius 3 is 2.54 bits per heavy atom. The van der Waals surface area contributed by atoms with Crippen molar-refractivity contribution in [3.63, 3.8) is 0 Å². The quantitative estimate of drug-likeness (QED) is 0.742. The van der Waals surface area contributed by atoms with Crippen LogP contribution in [0.3, 0.4) is 0 Å². The van der Waals surface area contributed by atoms with Gasteiger partial charge in [-0.2, -0.15) is 0 Å². The van der Waals surface area contributed by atoms with Crippen LogP contribution < -0.4 is 21.3 Å². The van der Waals surface area contributed by atoms with E-state index in [0.29, 0.717) is 18.2 Å². The van der Waals surface area contributed by atoms with Gasteiger partial charge >= 0.3 is 6.03 Å². The maximum Gasteiger partial charge on any atom is 0.316 e. The number of halogens is 1. The van der Waals surface area contributed by atoms with Gasteiger partial charge in [0.25, 0.3) is 5.91 Å². The van der Waals surface area contributed by atoms with Crippen molar-refractivity contribution in [2.24, 2.45) is 5.73 Å². The molecule has 2 heterocycles. The van der Waals surface area contributed by atoms with Gasteiger partial charge in [0.1, 0.15) is 0 Å². The Kier molecular flexibility index (Phi) is 5.52. The summed E-state index contributed by atoms with van der Waals surface area (Å²) in [4.78, 5) is 33.8. The van der Waals surface area contributed by atoms with Crippen LogP contribution in [0, 0.1) is 0 Å². The summed E-state index contributed by atoms with van der Waals surface area (Å²) < 4.78 is 0. The molecule has 8 nitrogen and oxygen atoms in total. The second-order valence-electron chi connectivity index (χ2n) is 5.93. The van der Waals surface area contributed by atoms with Crippen molar-refractivity contribution in [3.8, 4) is 0 Å². The second kappa shape index (κ2) is 8.01. The lowest BCUT2D eigenvalue weighted by molar-refractivity contribution is 0.0946. The number of nitrogens with two attached hydrogens (primary N) is 1. The topological polar surface area (TPSA) is 113 Å². The molecule has 1 aromatic heterocycles. The summed E-state index contributed by atoms with van der Waals surface area (Å²) in [7, 11) is 0.